The van der Waals surface area contributed by atoms with Gasteiger partial charge in [0.15, 0.2) is 10.9 Å². The van der Waals surface area contributed by atoms with Crippen LogP contribution in [0.2, 0.25) is 5.02 Å². The highest BCUT2D eigenvalue weighted by Crippen LogP contribution is 2.36. The summed E-state index contributed by atoms with van der Waals surface area (Å²) in [6, 6.07) is 19.5. The molecule has 1 aliphatic heterocycles. The van der Waals surface area contributed by atoms with Gasteiger partial charge in [-0.15, -0.1) is 0 Å². The summed E-state index contributed by atoms with van der Waals surface area (Å²) in [4.78, 5) is 26.8. The highest BCUT2D eigenvalue weighted by atomic mass is 35.5. The number of carbonyl (C=O) groups is 2. The summed E-state index contributed by atoms with van der Waals surface area (Å²) in [5.41, 5.74) is 1.72. The van der Waals surface area contributed by atoms with Crippen LogP contribution >= 0.6 is 35.6 Å². The molecule has 0 atom stereocenters. The predicted octanol–water partition coefficient (Wildman–Crippen LogP) is 5.90. The number of para-hydroxylation sites is 1. The van der Waals surface area contributed by atoms with Crippen LogP contribution < -0.4 is 15.0 Å². The van der Waals surface area contributed by atoms with E-state index in [9.17, 15) is 14.0 Å². The number of amides is 2. The van der Waals surface area contributed by atoms with Gasteiger partial charge in [0.05, 0.1) is 21.3 Å². The number of nitrogens with zero attached hydrogens (tertiary/aromatic N) is 1. The second-order valence-corrected chi connectivity index (χ2v) is 8.97. The van der Waals surface area contributed by atoms with Crippen molar-refractivity contribution in [2.75, 3.05) is 16.8 Å². The van der Waals surface area contributed by atoms with Gasteiger partial charge in [-0.05, 0) is 60.2 Å². The van der Waals surface area contributed by atoms with Crippen LogP contribution in [0, 0.1) is 5.82 Å². The van der Waals surface area contributed by atoms with E-state index in [-0.39, 0.29) is 18.4 Å². The molecule has 0 aliphatic carbocycles. The van der Waals surface area contributed by atoms with Gasteiger partial charge >= 0.3 is 0 Å². The molecule has 9 heteroatoms. The number of halogens is 2. The average molecular weight is 499 g/mol. The van der Waals surface area contributed by atoms with E-state index in [1.165, 1.54) is 29.2 Å². The number of anilines is 2. The average Bonchev–Trinajstić information content (AvgIpc) is 3.07. The monoisotopic (exact) mass is 498 g/mol. The molecule has 1 fully saturated rings. The first-order valence-electron chi connectivity index (χ1n) is 9.71. The molecule has 0 bridgehead atoms. The zero-order valence-corrected chi connectivity index (χ0v) is 19.3. The summed E-state index contributed by atoms with van der Waals surface area (Å²) < 4.78 is 19.2. The van der Waals surface area contributed by atoms with Crippen LogP contribution in [0.15, 0.2) is 77.7 Å². The van der Waals surface area contributed by atoms with Crippen molar-refractivity contribution >= 4 is 69.2 Å². The number of benzene rings is 3. The van der Waals surface area contributed by atoms with Crippen molar-refractivity contribution in [3.05, 3.63) is 94.1 Å². The fourth-order valence-electron chi connectivity index (χ4n) is 3.02. The molecule has 1 aliphatic rings. The van der Waals surface area contributed by atoms with Gasteiger partial charge in [0.2, 0.25) is 0 Å². The lowest BCUT2D eigenvalue weighted by molar-refractivity contribution is -0.118. The quantitative estimate of drug-likeness (QED) is 0.338. The van der Waals surface area contributed by atoms with Crippen molar-refractivity contribution in [3.63, 3.8) is 0 Å². The summed E-state index contributed by atoms with van der Waals surface area (Å²) in [7, 11) is 0. The molecule has 0 spiro atoms. The van der Waals surface area contributed by atoms with Crippen LogP contribution in [-0.2, 0) is 9.59 Å². The summed E-state index contributed by atoms with van der Waals surface area (Å²) in [5, 5.41) is 3.13. The molecule has 166 valence electrons. The van der Waals surface area contributed by atoms with Gasteiger partial charge in [0.1, 0.15) is 11.6 Å². The van der Waals surface area contributed by atoms with Gasteiger partial charge in [-0.25, -0.2) is 4.39 Å². The maximum Gasteiger partial charge on any atom is 0.270 e. The van der Waals surface area contributed by atoms with Crippen molar-refractivity contribution in [1.29, 1.82) is 0 Å². The number of thiocarbonyl (C=S) groups is 1. The molecule has 2 amide bonds. The number of hydrogen-bond acceptors (Lipinski definition) is 5. The molecule has 33 heavy (non-hydrogen) atoms. The van der Waals surface area contributed by atoms with Crippen LogP contribution in [0.3, 0.4) is 0 Å². The predicted molar refractivity (Wildman–Crippen MR) is 134 cm³/mol. The van der Waals surface area contributed by atoms with Crippen LogP contribution in [0.1, 0.15) is 5.56 Å². The van der Waals surface area contributed by atoms with Crippen LogP contribution in [0.25, 0.3) is 6.08 Å². The SMILES string of the molecule is O=C(COc1cccc(/C=C2\SC(=S)N(c3ccc(F)cc3)C2=O)c1)Nc1ccccc1Cl. The zero-order valence-electron chi connectivity index (χ0n) is 17.0. The van der Waals surface area contributed by atoms with E-state index in [2.05, 4.69) is 5.32 Å². The summed E-state index contributed by atoms with van der Waals surface area (Å²) in [6.45, 7) is -0.207. The first-order valence-corrected chi connectivity index (χ1v) is 11.3. The minimum absolute atomic E-state index is 0.207. The molecule has 4 rings (SSSR count). The Hall–Kier alpha value is -3.20. The Morgan fingerprint density at radius 1 is 1.12 bits per heavy atom. The van der Waals surface area contributed by atoms with Crippen LogP contribution in [-0.4, -0.2) is 22.7 Å². The molecule has 1 N–H and O–H groups in total. The molecule has 0 radical (unpaired) electrons. The van der Waals surface area contributed by atoms with Crippen LogP contribution in [0.5, 0.6) is 5.75 Å². The third-order valence-corrected chi connectivity index (χ3v) is 6.18. The molecule has 0 aromatic heterocycles. The second kappa shape index (κ2) is 10.2. The van der Waals surface area contributed by atoms with Crippen molar-refractivity contribution in [2.24, 2.45) is 0 Å². The Bertz CT molecular complexity index is 1260. The molecule has 3 aromatic carbocycles. The summed E-state index contributed by atoms with van der Waals surface area (Å²) in [5.74, 6) is -0.570. The number of rotatable bonds is 6. The van der Waals surface area contributed by atoms with Gasteiger partial charge in [0.25, 0.3) is 11.8 Å². The lowest BCUT2D eigenvalue weighted by Gasteiger charge is -2.14. The van der Waals surface area contributed by atoms with Crippen molar-refractivity contribution in [1.82, 2.24) is 0 Å². The topological polar surface area (TPSA) is 58.6 Å². The fourth-order valence-corrected chi connectivity index (χ4v) is 4.51. The molecular formula is C24H16ClFN2O3S2. The fraction of sp³-hybridized carbons (Fsp3) is 0.0417. The van der Waals surface area contributed by atoms with E-state index in [1.54, 1.807) is 54.6 Å². The molecule has 1 heterocycles. The Balaban J connectivity index is 1.43. The van der Waals surface area contributed by atoms with Gasteiger partial charge in [-0.3, -0.25) is 14.5 Å². The van der Waals surface area contributed by atoms with E-state index in [1.807, 2.05) is 0 Å². The lowest BCUT2D eigenvalue weighted by Crippen LogP contribution is -2.27. The first-order chi connectivity index (χ1) is 15.9. The minimum atomic E-state index is -0.392. The molecular weight excluding hydrogens is 483 g/mol. The third-order valence-electron chi connectivity index (χ3n) is 4.55. The zero-order chi connectivity index (χ0) is 23.4. The van der Waals surface area contributed by atoms with Gasteiger partial charge < -0.3 is 10.1 Å². The maximum atomic E-state index is 13.2. The maximum absolute atomic E-state index is 13.2. The molecule has 0 unspecified atom stereocenters. The Morgan fingerprint density at radius 2 is 1.88 bits per heavy atom. The molecule has 0 saturated carbocycles. The molecule has 5 nitrogen and oxygen atoms in total. The largest absolute Gasteiger partial charge is 0.484 e. The van der Waals surface area contributed by atoms with Gasteiger partial charge in [-0.1, -0.05) is 59.8 Å². The standard InChI is InChI=1S/C24H16ClFN2O3S2/c25-19-6-1-2-7-20(19)27-22(29)14-31-18-5-3-4-15(12-18)13-21-23(30)28(24(32)33-21)17-10-8-16(26)9-11-17/h1-13H,14H2,(H,27,29)/b21-13-. The number of thioether (sulfide) groups is 1. The Kier molecular flexibility index (Phi) is 7.08. The minimum Gasteiger partial charge on any atom is -0.484 e. The molecule has 3 aromatic rings. The van der Waals surface area contributed by atoms with Crippen molar-refractivity contribution < 1.29 is 18.7 Å². The number of hydrogen-bond donors (Lipinski definition) is 1. The van der Waals surface area contributed by atoms with E-state index in [4.69, 9.17) is 28.6 Å². The number of nitrogens with one attached hydrogen (secondary N) is 1. The van der Waals surface area contributed by atoms with Crippen molar-refractivity contribution in [3.8, 4) is 5.75 Å². The summed E-state index contributed by atoms with van der Waals surface area (Å²) in [6.07, 6.45) is 1.69. The Labute approximate surface area is 204 Å². The lowest BCUT2D eigenvalue weighted by atomic mass is 10.2. The first kappa shape index (κ1) is 23.0. The van der Waals surface area contributed by atoms with Gasteiger partial charge in [0, 0.05) is 0 Å². The van der Waals surface area contributed by atoms with E-state index in [0.717, 1.165) is 11.8 Å². The van der Waals surface area contributed by atoms with E-state index < -0.39 is 5.82 Å². The number of ether oxygens (including phenoxy) is 1. The van der Waals surface area contributed by atoms with Crippen molar-refractivity contribution in [2.45, 2.75) is 0 Å². The molecule has 1 saturated heterocycles. The normalized spacial score (nSPS) is 14.6. The van der Waals surface area contributed by atoms with E-state index in [0.29, 0.717) is 36.9 Å². The highest BCUT2D eigenvalue weighted by molar-refractivity contribution is 8.27. The second-order valence-electron chi connectivity index (χ2n) is 6.88. The Morgan fingerprint density at radius 3 is 2.64 bits per heavy atom. The van der Waals surface area contributed by atoms with Gasteiger partial charge in [-0.2, -0.15) is 0 Å². The smallest absolute Gasteiger partial charge is 0.270 e. The third kappa shape index (κ3) is 5.60. The van der Waals surface area contributed by atoms with Crippen LogP contribution in [0.4, 0.5) is 15.8 Å². The number of carbonyl (C=O) groups excluding carboxylic acids is 2. The highest BCUT2D eigenvalue weighted by Gasteiger charge is 2.33. The van der Waals surface area contributed by atoms with E-state index >= 15 is 0 Å². The summed E-state index contributed by atoms with van der Waals surface area (Å²) >= 11 is 12.5.